The maximum absolute atomic E-state index is 13.9. The molecule has 5 aliphatic rings. The number of amides is 5. The molecule has 3 fully saturated rings. The van der Waals surface area contributed by atoms with Gasteiger partial charge in [-0.2, -0.15) is 13.2 Å². The van der Waals surface area contributed by atoms with Crippen molar-refractivity contribution < 1.29 is 50.3 Å². The topological polar surface area (TPSA) is 171 Å². The van der Waals surface area contributed by atoms with Gasteiger partial charge in [-0.3, -0.25) is 28.8 Å². The molecule has 0 unspecified atom stereocenters. The summed E-state index contributed by atoms with van der Waals surface area (Å²) in [5.74, 6) is -4.62. The molecule has 51 heavy (non-hydrogen) atoms. The maximum atomic E-state index is 13.9. The normalized spacial score (nSPS) is 28.6. The highest BCUT2D eigenvalue weighted by Gasteiger charge is 2.62. The minimum atomic E-state index is -4.87. The summed E-state index contributed by atoms with van der Waals surface area (Å²) in [6, 6.07) is 2.05. The number of carbonyl (C=O) groups is 5. The van der Waals surface area contributed by atoms with Gasteiger partial charge in [-0.05, 0) is 55.2 Å². The van der Waals surface area contributed by atoms with E-state index in [-0.39, 0.29) is 32.4 Å². The maximum Gasteiger partial charge on any atom is 0.410 e. The summed E-state index contributed by atoms with van der Waals surface area (Å²) in [5, 5.41) is 4.01. The number of halogens is 3. The van der Waals surface area contributed by atoms with Crippen molar-refractivity contribution in [3.63, 3.8) is 0 Å². The van der Waals surface area contributed by atoms with Crippen molar-refractivity contribution in [3.05, 3.63) is 53.6 Å². The molecule has 4 bridgehead atoms. The van der Waals surface area contributed by atoms with Crippen LogP contribution in [0, 0.1) is 5.92 Å². The summed E-state index contributed by atoms with van der Waals surface area (Å²) >= 11 is 0. The Kier molecular flexibility index (Phi) is 9.96. The van der Waals surface area contributed by atoms with Gasteiger partial charge < -0.3 is 20.3 Å². The van der Waals surface area contributed by atoms with Crippen LogP contribution in [0.15, 0.2) is 36.9 Å². The molecule has 5 amide bonds. The number of rotatable bonds is 7. The molecule has 2 saturated carbocycles. The standard InChI is InChI=1S/C34H40F3N5O8S/c1-2-22-15-33(22,31(46)40-51(48,49)24-12-13-24)39-29(44)27-14-23-18-42(27)30(45)26(16-34(35,36)37)38-28(43)11-6-4-3-5-8-20-9-7-10-21-17-41(19-25(20)21)32(47)50-23/h2,5,7-10,22-24,26-27H,1,3-4,6,11-19H2,(H,38,43)(H,39,44)(H,40,46)/t22-,23-,26+,27+,33-/m1/s1. The molecule has 17 heteroatoms. The van der Waals surface area contributed by atoms with Crippen LogP contribution < -0.4 is 15.4 Å². The number of carbonyl (C=O) groups excluding carboxylic acids is 5. The van der Waals surface area contributed by atoms with Crippen molar-refractivity contribution >= 4 is 45.8 Å². The van der Waals surface area contributed by atoms with Crippen molar-refractivity contribution in [2.75, 3.05) is 6.54 Å². The first kappa shape index (κ1) is 36.4. The number of allylic oxidation sites excluding steroid dienone is 1. The summed E-state index contributed by atoms with van der Waals surface area (Å²) in [6.07, 6.45) is -1.52. The third-order valence-electron chi connectivity index (χ3n) is 10.0. The van der Waals surface area contributed by atoms with Gasteiger partial charge in [0.25, 0.3) is 5.91 Å². The number of ether oxygens (including phenoxy) is 1. The van der Waals surface area contributed by atoms with E-state index >= 15 is 0 Å². The zero-order valence-corrected chi connectivity index (χ0v) is 28.6. The van der Waals surface area contributed by atoms with Gasteiger partial charge in [0.05, 0.1) is 24.8 Å². The second-order valence-corrected chi connectivity index (χ2v) is 15.8. The molecule has 0 spiro atoms. The number of sulfonamides is 1. The number of nitrogens with zero attached hydrogens (tertiary/aromatic N) is 2. The van der Waals surface area contributed by atoms with E-state index in [9.17, 15) is 45.6 Å². The molecule has 13 nitrogen and oxygen atoms in total. The van der Waals surface area contributed by atoms with Crippen LogP contribution >= 0.6 is 0 Å². The van der Waals surface area contributed by atoms with Gasteiger partial charge in [0, 0.05) is 25.3 Å². The van der Waals surface area contributed by atoms with Crippen molar-refractivity contribution in [2.24, 2.45) is 5.92 Å². The monoisotopic (exact) mass is 735 g/mol. The third kappa shape index (κ3) is 8.07. The first-order chi connectivity index (χ1) is 24.1. The van der Waals surface area contributed by atoms with Crippen LogP contribution in [0.25, 0.3) is 6.08 Å². The van der Waals surface area contributed by atoms with Crippen molar-refractivity contribution in [2.45, 2.75) is 106 Å². The highest BCUT2D eigenvalue weighted by Crippen LogP contribution is 2.45. The first-order valence-electron chi connectivity index (χ1n) is 17.0. The molecule has 1 aromatic carbocycles. The molecule has 0 aromatic heterocycles. The number of hydrogen-bond acceptors (Lipinski definition) is 8. The lowest BCUT2D eigenvalue weighted by Crippen LogP contribution is -2.58. The van der Waals surface area contributed by atoms with Gasteiger partial charge in [-0.15, -0.1) is 6.58 Å². The number of nitrogens with one attached hydrogen (secondary N) is 3. The number of hydrogen-bond donors (Lipinski definition) is 3. The Labute approximate surface area is 293 Å². The minimum absolute atomic E-state index is 0.00715. The van der Waals surface area contributed by atoms with E-state index in [2.05, 4.69) is 17.2 Å². The van der Waals surface area contributed by atoms with E-state index in [1.54, 1.807) is 0 Å². The third-order valence-corrected chi connectivity index (χ3v) is 11.9. The molecular weight excluding hydrogens is 695 g/mol. The lowest BCUT2D eigenvalue weighted by atomic mass is 10.0. The largest absolute Gasteiger partial charge is 0.444 e. The summed E-state index contributed by atoms with van der Waals surface area (Å²) in [4.78, 5) is 69.7. The van der Waals surface area contributed by atoms with Gasteiger partial charge in [-0.25, -0.2) is 13.2 Å². The van der Waals surface area contributed by atoms with Gasteiger partial charge >= 0.3 is 12.3 Å². The lowest BCUT2D eigenvalue weighted by Gasteiger charge is -2.30. The fraction of sp³-hybridized carbons (Fsp3) is 0.559. The average molecular weight is 736 g/mol. The van der Waals surface area contributed by atoms with Crippen LogP contribution in [0.1, 0.15) is 74.5 Å². The molecule has 3 heterocycles. The summed E-state index contributed by atoms with van der Waals surface area (Å²) in [5.41, 5.74) is 1.00. The Bertz CT molecular complexity index is 1760. The summed E-state index contributed by atoms with van der Waals surface area (Å²) < 4.78 is 74.2. The molecule has 1 aromatic rings. The van der Waals surface area contributed by atoms with Crippen LogP contribution in [0.2, 0.25) is 0 Å². The van der Waals surface area contributed by atoms with E-state index in [0.29, 0.717) is 32.1 Å². The van der Waals surface area contributed by atoms with E-state index in [4.69, 9.17) is 4.74 Å². The molecule has 1 saturated heterocycles. The van der Waals surface area contributed by atoms with Crippen molar-refractivity contribution in [1.29, 1.82) is 0 Å². The van der Waals surface area contributed by atoms with E-state index in [1.165, 1.54) is 11.0 Å². The Balaban J connectivity index is 1.27. The predicted molar refractivity (Wildman–Crippen MR) is 175 cm³/mol. The Morgan fingerprint density at radius 1 is 1.14 bits per heavy atom. The van der Waals surface area contributed by atoms with Crippen LogP contribution in [0.4, 0.5) is 18.0 Å². The Hall–Kier alpha value is -4.41. The molecule has 3 aliphatic heterocycles. The number of benzene rings is 1. The molecule has 3 N–H and O–H groups in total. The van der Waals surface area contributed by atoms with Crippen molar-refractivity contribution in [1.82, 2.24) is 25.2 Å². The zero-order chi connectivity index (χ0) is 36.7. The van der Waals surface area contributed by atoms with Gasteiger partial charge in [-0.1, -0.05) is 36.4 Å². The van der Waals surface area contributed by atoms with E-state index in [0.717, 1.165) is 21.6 Å². The molecule has 276 valence electrons. The Morgan fingerprint density at radius 3 is 2.59 bits per heavy atom. The first-order valence-corrected chi connectivity index (χ1v) is 18.5. The molecule has 2 aliphatic carbocycles. The van der Waals surface area contributed by atoms with Crippen LogP contribution in [0.5, 0.6) is 0 Å². The molecule has 6 rings (SSSR count). The Morgan fingerprint density at radius 2 is 1.90 bits per heavy atom. The lowest BCUT2D eigenvalue weighted by molar-refractivity contribution is -0.157. The molecule has 5 atom stereocenters. The van der Waals surface area contributed by atoms with E-state index in [1.807, 2.05) is 35.1 Å². The average Bonchev–Trinajstić information content (AvgIpc) is 3.95. The van der Waals surface area contributed by atoms with Gasteiger partial charge in [0.2, 0.25) is 27.7 Å². The van der Waals surface area contributed by atoms with Gasteiger partial charge in [0.15, 0.2) is 0 Å². The molecule has 0 radical (unpaired) electrons. The second-order valence-electron chi connectivity index (χ2n) is 13.9. The van der Waals surface area contributed by atoms with E-state index < -0.39 is 93.8 Å². The van der Waals surface area contributed by atoms with Gasteiger partial charge in [0.1, 0.15) is 23.7 Å². The predicted octanol–water partition coefficient (Wildman–Crippen LogP) is 2.80. The number of fused-ring (bicyclic) bond motifs is 3. The highest BCUT2D eigenvalue weighted by atomic mass is 32.2. The van der Waals surface area contributed by atoms with Crippen molar-refractivity contribution in [3.8, 4) is 0 Å². The molecular formula is C34H40F3N5O8S. The summed E-state index contributed by atoms with van der Waals surface area (Å²) in [6.45, 7) is 3.64. The fourth-order valence-electron chi connectivity index (χ4n) is 7.00. The van der Waals surface area contributed by atoms with Crippen LogP contribution in [0.3, 0.4) is 0 Å². The van der Waals surface area contributed by atoms with Crippen LogP contribution in [-0.4, -0.2) is 89.6 Å². The van der Waals surface area contributed by atoms with Crippen LogP contribution in [-0.2, 0) is 47.0 Å². The second kappa shape index (κ2) is 14.0. The summed E-state index contributed by atoms with van der Waals surface area (Å²) in [7, 11) is -4.00. The minimum Gasteiger partial charge on any atom is -0.444 e. The smallest absolute Gasteiger partial charge is 0.410 e. The SMILES string of the molecule is C=C[C@@H]1C[C@]1(NC(=O)[C@@H]1C[C@@H]2CN1C(=O)[C@H](CC(F)(F)F)NC(=O)CCCCC=Cc1cccc3c1CN(C3)C(=O)O2)C(=O)NS(=O)(=O)C1CC1. The zero-order valence-electron chi connectivity index (χ0n) is 27.7. The highest BCUT2D eigenvalue weighted by molar-refractivity contribution is 7.91. The number of alkyl halides is 3. The quantitative estimate of drug-likeness (QED) is 0.359. The fourth-order valence-corrected chi connectivity index (χ4v) is 8.36.